The number of nitro benzene ring substituents is 1. The first kappa shape index (κ1) is 20.1. The Morgan fingerprint density at radius 2 is 1.68 bits per heavy atom. The van der Waals surface area contributed by atoms with Crippen LogP contribution in [0.2, 0.25) is 0 Å². The Balaban J connectivity index is 1.55. The number of rotatable bonds is 7. The number of ether oxygens (including phenoxy) is 1. The topological polar surface area (TPSA) is 69.4 Å². The zero-order valence-corrected chi connectivity index (χ0v) is 16.3. The molecule has 0 aliphatic heterocycles. The Kier molecular flexibility index (Phi) is 6.80. The molecule has 3 rings (SSSR count). The second-order valence-electron chi connectivity index (χ2n) is 7.62. The van der Waals surface area contributed by atoms with Gasteiger partial charge in [-0.1, -0.05) is 38.3 Å². The van der Waals surface area contributed by atoms with Crippen molar-refractivity contribution in [1.82, 2.24) is 0 Å². The molecule has 2 aromatic rings. The van der Waals surface area contributed by atoms with Crippen molar-refractivity contribution in [3.8, 4) is 5.75 Å². The molecule has 28 heavy (non-hydrogen) atoms. The number of esters is 1. The van der Waals surface area contributed by atoms with E-state index < -0.39 is 10.9 Å². The van der Waals surface area contributed by atoms with Crippen molar-refractivity contribution >= 4 is 11.7 Å². The maximum absolute atomic E-state index is 12.3. The van der Waals surface area contributed by atoms with Crippen LogP contribution in [0.4, 0.5) is 5.69 Å². The van der Waals surface area contributed by atoms with Crippen molar-refractivity contribution in [3.63, 3.8) is 0 Å². The summed E-state index contributed by atoms with van der Waals surface area (Å²) in [6, 6.07) is 13.2. The summed E-state index contributed by atoms with van der Waals surface area (Å²) >= 11 is 0. The van der Waals surface area contributed by atoms with E-state index in [0.717, 1.165) is 5.92 Å². The SMILES string of the molecule is CCCCC1CCC(c2ccc(C(=O)Oc3ccc([N+](=O)[O-])cc3)cc2)CC1. The van der Waals surface area contributed by atoms with Crippen LogP contribution in [0.5, 0.6) is 5.75 Å². The van der Waals surface area contributed by atoms with Crippen molar-refractivity contribution in [2.24, 2.45) is 5.92 Å². The maximum Gasteiger partial charge on any atom is 0.343 e. The lowest BCUT2D eigenvalue weighted by molar-refractivity contribution is -0.384. The van der Waals surface area contributed by atoms with Gasteiger partial charge in [0.25, 0.3) is 5.69 Å². The van der Waals surface area contributed by atoms with E-state index in [1.165, 1.54) is 74.8 Å². The molecule has 0 spiro atoms. The molecule has 1 saturated carbocycles. The fraction of sp³-hybridized carbons (Fsp3) is 0.435. The van der Waals surface area contributed by atoms with Crippen LogP contribution in [0.1, 0.15) is 73.7 Å². The van der Waals surface area contributed by atoms with Crippen LogP contribution in [-0.4, -0.2) is 10.9 Å². The summed E-state index contributed by atoms with van der Waals surface area (Å²) in [5, 5.41) is 10.7. The fourth-order valence-corrected chi connectivity index (χ4v) is 3.97. The molecule has 0 aromatic heterocycles. The second-order valence-corrected chi connectivity index (χ2v) is 7.62. The molecule has 5 nitrogen and oxygen atoms in total. The first-order valence-corrected chi connectivity index (χ1v) is 10.1. The largest absolute Gasteiger partial charge is 0.423 e. The number of nitrogens with zero attached hydrogens (tertiary/aromatic N) is 1. The number of hydrogen-bond donors (Lipinski definition) is 0. The van der Waals surface area contributed by atoms with E-state index in [1.54, 1.807) is 0 Å². The highest BCUT2D eigenvalue weighted by Crippen LogP contribution is 2.37. The molecule has 0 atom stereocenters. The van der Waals surface area contributed by atoms with Crippen LogP contribution in [-0.2, 0) is 0 Å². The number of nitro groups is 1. The van der Waals surface area contributed by atoms with Gasteiger partial charge in [-0.3, -0.25) is 10.1 Å². The number of benzene rings is 2. The summed E-state index contributed by atoms with van der Waals surface area (Å²) in [5.41, 5.74) is 1.74. The van der Waals surface area contributed by atoms with Gasteiger partial charge >= 0.3 is 5.97 Å². The minimum absolute atomic E-state index is 0.0337. The van der Waals surface area contributed by atoms with E-state index in [2.05, 4.69) is 6.92 Å². The third kappa shape index (κ3) is 5.18. The van der Waals surface area contributed by atoms with Crippen molar-refractivity contribution in [2.75, 3.05) is 0 Å². The van der Waals surface area contributed by atoms with Crippen LogP contribution in [0.15, 0.2) is 48.5 Å². The van der Waals surface area contributed by atoms with Crippen molar-refractivity contribution in [1.29, 1.82) is 0 Å². The first-order chi connectivity index (χ1) is 13.6. The standard InChI is InChI=1S/C23H27NO4/c1-2-3-4-17-5-7-18(8-6-17)19-9-11-20(12-10-19)23(25)28-22-15-13-21(14-16-22)24(26)27/h9-18H,2-8H2,1H3. The smallest absolute Gasteiger partial charge is 0.343 e. The van der Waals surface area contributed by atoms with Gasteiger partial charge in [0.1, 0.15) is 5.75 Å². The van der Waals surface area contributed by atoms with Gasteiger partial charge in [-0.05, 0) is 67.3 Å². The van der Waals surface area contributed by atoms with Gasteiger partial charge in [-0.25, -0.2) is 4.79 Å². The molecule has 1 aliphatic rings. The summed E-state index contributed by atoms with van der Waals surface area (Å²) in [6.45, 7) is 2.25. The van der Waals surface area contributed by atoms with Crippen LogP contribution in [0.25, 0.3) is 0 Å². The van der Waals surface area contributed by atoms with Gasteiger partial charge in [0, 0.05) is 12.1 Å². The van der Waals surface area contributed by atoms with Gasteiger partial charge < -0.3 is 4.74 Å². The molecule has 0 heterocycles. The molecule has 0 N–H and O–H groups in total. The highest BCUT2D eigenvalue weighted by molar-refractivity contribution is 5.91. The molecular formula is C23H27NO4. The van der Waals surface area contributed by atoms with Crippen molar-refractivity contribution in [3.05, 3.63) is 69.8 Å². The molecule has 0 amide bonds. The zero-order chi connectivity index (χ0) is 19.9. The van der Waals surface area contributed by atoms with E-state index in [1.807, 2.05) is 24.3 Å². The van der Waals surface area contributed by atoms with Crippen LogP contribution >= 0.6 is 0 Å². The average Bonchev–Trinajstić information content (AvgIpc) is 2.73. The lowest BCUT2D eigenvalue weighted by Crippen LogP contribution is -2.14. The van der Waals surface area contributed by atoms with Gasteiger partial charge in [0.05, 0.1) is 10.5 Å². The number of hydrogen-bond acceptors (Lipinski definition) is 4. The number of unbranched alkanes of at least 4 members (excludes halogenated alkanes) is 1. The third-order valence-corrected chi connectivity index (χ3v) is 5.69. The van der Waals surface area contributed by atoms with Crippen LogP contribution in [0.3, 0.4) is 0 Å². The minimum Gasteiger partial charge on any atom is -0.423 e. The Morgan fingerprint density at radius 3 is 2.25 bits per heavy atom. The van der Waals surface area contributed by atoms with Gasteiger partial charge in [-0.2, -0.15) is 0 Å². The molecule has 5 heteroatoms. The molecule has 148 valence electrons. The van der Waals surface area contributed by atoms with E-state index in [9.17, 15) is 14.9 Å². The van der Waals surface area contributed by atoms with Gasteiger partial charge in [0.15, 0.2) is 0 Å². The Bertz CT molecular complexity index is 790. The quantitative estimate of drug-likeness (QED) is 0.245. The Labute approximate surface area is 165 Å². The summed E-state index contributed by atoms with van der Waals surface area (Å²) in [7, 11) is 0. The van der Waals surface area contributed by atoms with E-state index in [0.29, 0.717) is 17.2 Å². The molecule has 0 saturated heterocycles. The fourth-order valence-electron chi connectivity index (χ4n) is 3.97. The predicted molar refractivity (Wildman–Crippen MR) is 109 cm³/mol. The maximum atomic E-state index is 12.3. The van der Waals surface area contributed by atoms with Crippen molar-refractivity contribution < 1.29 is 14.5 Å². The van der Waals surface area contributed by atoms with E-state index >= 15 is 0 Å². The number of non-ortho nitro benzene ring substituents is 1. The Hall–Kier alpha value is -2.69. The Morgan fingerprint density at radius 1 is 1.04 bits per heavy atom. The number of carbonyl (C=O) groups excluding carboxylic acids is 1. The number of carbonyl (C=O) groups is 1. The van der Waals surface area contributed by atoms with E-state index in [-0.39, 0.29) is 5.69 Å². The minimum atomic E-state index is -0.485. The predicted octanol–water partition coefficient (Wildman–Crippen LogP) is 6.28. The molecule has 2 aromatic carbocycles. The summed E-state index contributed by atoms with van der Waals surface area (Å²) in [4.78, 5) is 22.5. The summed E-state index contributed by atoms with van der Waals surface area (Å²) in [6.07, 6.45) is 9.01. The monoisotopic (exact) mass is 381 g/mol. The molecule has 0 unspecified atom stereocenters. The van der Waals surface area contributed by atoms with Crippen LogP contribution < -0.4 is 4.74 Å². The van der Waals surface area contributed by atoms with Gasteiger partial charge in [-0.15, -0.1) is 0 Å². The first-order valence-electron chi connectivity index (χ1n) is 10.1. The lowest BCUT2D eigenvalue weighted by Gasteiger charge is -2.28. The second kappa shape index (κ2) is 9.49. The molecular weight excluding hydrogens is 354 g/mol. The zero-order valence-electron chi connectivity index (χ0n) is 16.3. The van der Waals surface area contributed by atoms with E-state index in [4.69, 9.17) is 4.74 Å². The molecule has 0 bridgehead atoms. The lowest BCUT2D eigenvalue weighted by atomic mass is 9.77. The average molecular weight is 381 g/mol. The van der Waals surface area contributed by atoms with Crippen molar-refractivity contribution in [2.45, 2.75) is 57.8 Å². The highest BCUT2D eigenvalue weighted by Gasteiger charge is 2.22. The third-order valence-electron chi connectivity index (χ3n) is 5.69. The molecule has 0 radical (unpaired) electrons. The summed E-state index contributed by atoms with van der Waals surface area (Å²) in [5.74, 6) is 1.30. The normalized spacial score (nSPS) is 19.2. The van der Waals surface area contributed by atoms with Gasteiger partial charge in [0.2, 0.25) is 0 Å². The van der Waals surface area contributed by atoms with Crippen LogP contribution in [0, 0.1) is 16.0 Å². The molecule has 1 aliphatic carbocycles. The highest BCUT2D eigenvalue weighted by atomic mass is 16.6. The molecule has 1 fully saturated rings. The summed E-state index contributed by atoms with van der Waals surface area (Å²) < 4.78 is 5.31.